The third-order valence-electron chi connectivity index (χ3n) is 0. The van der Waals surface area contributed by atoms with Gasteiger partial charge in [-0.2, -0.15) is 0 Å². The Morgan fingerprint density at radius 2 is 0.389 bits per heavy atom. The molecule has 6 heteroatoms. The molecule has 104 valence electrons. The van der Waals surface area contributed by atoms with Crippen LogP contribution in [0.5, 0.6) is 0 Å². The van der Waals surface area contributed by atoms with Crippen molar-refractivity contribution in [3.63, 3.8) is 0 Å². The topological polar surface area (TPSA) is 92.2 Å². The van der Waals surface area contributed by atoms with Crippen LogP contribution in [0.4, 0.5) is 0 Å². The summed E-state index contributed by atoms with van der Waals surface area (Å²) in [5.41, 5.74) is 0. The first kappa shape index (κ1) is 37.3. The maximum atomic E-state index is 9.53. The van der Waals surface area contributed by atoms with E-state index in [2.05, 4.69) is 0 Å². The molecule has 0 atom stereocenters. The van der Waals surface area contributed by atoms with Crippen LogP contribution in [0.25, 0.3) is 0 Å². The van der Waals surface area contributed by atoms with Crippen molar-refractivity contribution in [2.24, 2.45) is 0 Å². The maximum absolute atomic E-state index is 9.53. The monoisotopic (exact) mass is 512 g/mol. The van der Waals surface area contributed by atoms with Crippen molar-refractivity contribution in [1.29, 1.82) is 0 Å². The van der Waals surface area contributed by atoms with E-state index >= 15 is 0 Å². The van der Waals surface area contributed by atoms with Gasteiger partial charge in [0.05, 0.1) is 0 Å². The Hall–Kier alpha value is 2.98. The van der Waals surface area contributed by atoms with Gasteiger partial charge in [0.15, 0.2) is 0 Å². The molecule has 0 heterocycles. The quantitative estimate of drug-likeness (QED) is 0.362. The number of hydrogen-bond donors (Lipinski definition) is 0. The standard InChI is InChI=1S/4C3H7O.2Ba/c4*1-3(2)4;;/h4*3H,1-2H3;;/q4*-1;2*+2. The Kier molecular flexibility index (Phi) is 66.5. The molecule has 0 rings (SSSR count). The normalized spacial score (nSPS) is 8.00. The van der Waals surface area contributed by atoms with E-state index in [0.717, 1.165) is 0 Å². The first-order valence-electron chi connectivity index (χ1n) is 5.56. The SMILES string of the molecule is CC(C)[O-].CC(C)[O-].CC(C)[O-].CC(C)[O-].[Ba+2].[Ba+2]. The average Bonchev–Trinajstić information content (AvgIpc) is 1.76. The van der Waals surface area contributed by atoms with Crippen LogP contribution in [0.15, 0.2) is 0 Å². The summed E-state index contributed by atoms with van der Waals surface area (Å²) in [7, 11) is 0. The molecule has 0 aliphatic heterocycles. The molecule has 0 amide bonds. The van der Waals surface area contributed by atoms with Gasteiger partial charge in [0, 0.05) is 0 Å². The second kappa shape index (κ2) is 32.1. The number of rotatable bonds is 0. The summed E-state index contributed by atoms with van der Waals surface area (Å²) >= 11 is 0. The molecule has 0 fully saturated rings. The molecular formula is C12H28Ba2O4. The molecular weight excluding hydrogens is 483 g/mol. The predicted molar refractivity (Wildman–Crippen MR) is 72.1 cm³/mol. The van der Waals surface area contributed by atoms with E-state index in [-0.39, 0.29) is 97.8 Å². The van der Waals surface area contributed by atoms with E-state index in [0.29, 0.717) is 0 Å². The number of hydrogen-bond acceptors (Lipinski definition) is 4. The van der Waals surface area contributed by atoms with Gasteiger partial charge in [0.2, 0.25) is 0 Å². The van der Waals surface area contributed by atoms with E-state index in [4.69, 9.17) is 0 Å². The molecule has 0 N–H and O–H groups in total. The summed E-state index contributed by atoms with van der Waals surface area (Å²) in [6, 6.07) is 0. The smallest absolute Gasteiger partial charge is 0.852 e. The van der Waals surface area contributed by atoms with E-state index < -0.39 is 24.4 Å². The van der Waals surface area contributed by atoms with Gasteiger partial charge in [-0.05, 0) is 0 Å². The first-order valence-corrected chi connectivity index (χ1v) is 5.56. The third-order valence-corrected chi connectivity index (χ3v) is 0. The van der Waals surface area contributed by atoms with Gasteiger partial charge in [-0.25, -0.2) is 0 Å². The van der Waals surface area contributed by atoms with Crippen molar-refractivity contribution < 1.29 is 20.4 Å². The zero-order valence-corrected chi connectivity index (χ0v) is 22.2. The van der Waals surface area contributed by atoms with E-state index in [9.17, 15) is 20.4 Å². The molecule has 0 saturated carbocycles. The molecule has 0 radical (unpaired) electrons. The first-order chi connectivity index (χ1) is 6.93. The summed E-state index contributed by atoms with van der Waals surface area (Å²) in [6.07, 6.45) is -1.67. The van der Waals surface area contributed by atoms with Gasteiger partial charge in [-0.1, -0.05) is 55.4 Å². The molecule has 0 aromatic carbocycles. The fraction of sp³-hybridized carbons (Fsp3) is 1.00. The van der Waals surface area contributed by atoms with Gasteiger partial charge in [-0.15, -0.1) is 24.4 Å². The van der Waals surface area contributed by atoms with Gasteiger partial charge in [0.25, 0.3) is 0 Å². The fourth-order valence-electron chi connectivity index (χ4n) is 0. The van der Waals surface area contributed by atoms with Crippen LogP contribution in [0.3, 0.4) is 0 Å². The molecule has 4 nitrogen and oxygen atoms in total. The summed E-state index contributed by atoms with van der Waals surface area (Å²) in [5.74, 6) is 0. The summed E-state index contributed by atoms with van der Waals surface area (Å²) in [5, 5.41) is 38.1. The Morgan fingerprint density at radius 1 is 0.389 bits per heavy atom. The summed E-state index contributed by atoms with van der Waals surface area (Å²) in [4.78, 5) is 0. The van der Waals surface area contributed by atoms with Crippen molar-refractivity contribution in [2.45, 2.75) is 79.8 Å². The summed E-state index contributed by atoms with van der Waals surface area (Å²) in [6.45, 7) is 12.9. The van der Waals surface area contributed by atoms with Gasteiger partial charge in [-0.3, -0.25) is 0 Å². The molecule has 0 aliphatic rings. The molecule has 0 spiro atoms. The van der Waals surface area contributed by atoms with Crippen LogP contribution in [0.1, 0.15) is 55.4 Å². The van der Waals surface area contributed by atoms with Gasteiger partial charge >= 0.3 is 97.8 Å². The van der Waals surface area contributed by atoms with Crippen LogP contribution in [-0.2, 0) is 0 Å². The van der Waals surface area contributed by atoms with Crippen LogP contribution in [-0.4, -0.2) is 122 Å². The Morgan fingerprint density at radius 3 is 0.389 bits per heavy atom. The van der Waals surface area contributed by atoms with Crippen LogP contribution in [0, 0.1) is 0 Å². The molecule has 0 bridgehead atoms. The largest absolute Gasteiger partial charge is 2.00 e. The van der Waals surface area contributed by atoms with E-state index in [1.54, 1.807) is 55.4 Å². The second-order valence-electron chi connectivity index (χ2n) is 4.20. The molecule has 0 aliphatic carbocycles. The van der Waals surface area contributed by atoms with Crippen LogP contribution in [0.2, 0.25) is 0 Å². The molecule has 18 heavy (non-hydrogen) atoms. The van der Waals surface area contributed by atoms with Crippen molar-refractivity contribution in [3.05, 3.63) is 0 Å². The van der Waals surface area contributed by atoms with E-state index in [1.165, 1.54) is 0 Å². The van der Waals surface area contributed by atoms with Crippen LogP contribution >= 0.6 is 0 Å². The van der Waals surface area contributed by atoms with E-state index in [1.807, 2.05) is 0 Å². The minimum absolute atomic E-state index is 0. The van der Waals surface area contributed by atoms with Crippen molar-refractivity contribution in [1.82, 2.24) is 0 Å². The van der Waals surface area contributed by atoms with Gasteiger partial charge in [0.1, 0.15) is 0 Å². The molecule has 0 aromatic rings. The molecule has 0 aromatic heterocycles. The predicted octanol–water partition coefficient (Wildman–Crippen LogP) is -1.74. The second-order valence-corrected chi connectivity index (χ2v) is 4.20. The Labute approximate surface area is 194 Å². The third kappa shape index (κ3) is 690. The van der Waals surface area contributed by atoms with Crippen molar-refractivity contribution in [3.8, 4) is 0 Å². The summed E-state index contributed by atoms with van der Waals surface area (Å²) < 4.78 is 0. The minimum atomic E-state index is -0.417. The molecule has 0 unspecified atom stereocenters. The Bertz CT molecular complexity index is 65.1. The minimum Gasteiger partial charge on any atom is -0.852 e. The Balaban J connectivity index is -0.0000000257. The fourth-order valence-corrected chi connectivity index (χ4v) is 0. The zero-order valence-electron chi connectivity index (χ0n) is 13.4. The zero-order chi connectivity index (χ0) is 14.3. The average molecular weight is 511 g/mol. The molecule has 0 saturated heterocycles. The maximum Gasteiger partial charge on any atom is 2.00 e. The van der Waals surface area contributed by atoms with Crippen LogP contribution < -0.4 is 20.4 Å². The van der Waals surface area contributed by atoms with Gasteiger partial charge < -0.3 is 20.4 Å². The van der Waals surface area contributed by atoms with Crippen molar-refractivity contribution in [2.75, 3.05) is 0 Å². The van der Waals surface area contributed by atoms with Crippen molar-refractivity contribution >= 4 is 97.8 Å².